The number of hydrogen-bond acceptors (Lipinski definition) is 3. The summed E-state index contributed by atoms with van der Waals surface area (Å²) in [6.45, 7) is 1.38. The Morgan fingerprint density at radius 3 is 3.16 bits per heavy atom. The Bertz CT molecular complexity index is 625. The van der Waals surface area contributed by atoms with E-state index in [0.717, 1.165) is 40.8 Å². The zero-order chi connectivity index (χ0) is 13.4. The number of carboxylic acids is 1. The quantitative estimate of drug-likeness (QED) is 0.891. The van der Waals surface area contributed by atoms with Gasteiger partial charge in [-0.15, -0.1) is 0 Å². The normalized spacial score (nSPS) is 19.8. The first-order valence-electron chi connectivity index (χ1n) is 6.26. The van der Waals surface area contributed by atoms with E-state index in [1.54, 1.807) is 0 Å². The van der Waals surface area contributed by atoms with Gasteiger partial charge in [0.25, 0.3) is 0 Å². The maximum atomic E-state index is 11.1. The molecule has 2 aromatic rings. The maximum absolute atomic E-state index is 11.1. The Labute approximate surface area is 118 Å². The number of nitrogens with zero attached hydrogens (tertiary/aromatic N) is 2. The summed E-state index contributed by atoms with van der Waals surface area (Å²) in [5.41, 5.74) is 1.86. The molecule has 1 aliphatic heterocycles. The van der Waals surface area contributed by atoms with Crippen LogP contribution >= 0.6 is 15.9 Å². The van der Waals surface area contributed by atoms with Crippen molar-refractivity contribution in [1.29, 1.82) is 0 Å². The highest BCUT2D eigenvalue weighted by molar-refractivity contribution is 9.10. The molecule has 2 heterocycles. The van der Waals surface area contributed by atoms with Crippen LogP contribution in [0.15, 0.2) is 22.7 Å². The number of benzene rings is 1. The first-order valence-corrected chi connectivity index (χ1v) is 7.06. The molecule has 0 amide bonds. The van der Waals surface area contributed by atoms with Gasteiger partial charge >= 0.3 is 5.97 Å². The number of H-pyrrole nitrogens is 1. The zero-order valence-electron chi connectivity index (χ0n) is 10.3. The van der Waals surface area contributed by atoms with Crippen molar-refractivity contribution in [3.63, 3.8) is 0 Å². The number of carbonyl (C=O) groups is 1. The lowest BCUT2D eigenvalue weighted by molar-refractivity contribution is -0.141. The number of rotatable bonds is 2. The van der Waals surface area contributed by atoms with Gasteiger partial charge in [-0.1, -0.05) is 15.9 Å². The van der Waals surface area contributed by atoms with Gasteiger partial charge in [-0.3, -0.25) is 4.79 Å². The average Bonchev–Trinajstić information content (AvgIpc) is 2.81. The van der Waals surface area contributed by atoms with Crippen molar-refractivity contribution >= 4 is 38.9 Å². The van der Waals surface area contributed by atoms with Crippen LogP contribution in [-0.4, -0.2) is 34.1 Å². The van der Waals surface area contributed by atoms with Gasteiger partial charge in [0.1, 0.15) is 0 Å². The number of aromatic nitrogens is 2. The van der Waals surface area contributed by atoms with Crippen molar-refractivity contribution in [2.24, 2.45) is 5.92 Å². The molecule has 1 atom stereocenters. The molecule has 0 radical (unpaired) electrons. The number of hydrogen-bond donors (Lipinski definition) is 2. The first kappa shape index (κ1) is 12.5. The van der Waals surface area contributed by atoms with E-state index >= 15 is 0 Å². The van der Waals surface area contributed by atoms with Crippen LogP contribution in [0.2, 0.25) is 0 Å². The Hall–Kier alpha value is -1.56. The van der Waals surface area contributed by atoms with Crippen molar-refractivity contribution in [1.82, 2.24) is 9.97 Å². The predicted octanol–water partition coefficient (Wildman–Crippen LogP) is 2.63. The fourth-order valence-corrected chi connectivity index (χ4v) is 2.85. The number of carboxylic acid groups (broad SMARTS) is 1. The van der Waals surface area contributed by atoms with Gasteiger partial charge in [0.15, 0.2) is 0 Å². The highest BCUT2D eigenvalue weighted by Gasteiger charge is 2.26. The van der Waals surface area contributed by atoms with Crippen molar-refractivity contribution in [3.8, 4) is 0 Å². The smallest absolute Gasteiger partial charge is 0.308 e. The van der Waals surface area contributed by atoms with Crippen LogP contribution in [0, 0.1) is 5.92 Å². The van der Waals surface area contributed by atoms with E-state index < -0.39 is 5.97 Å². The summed E-state index contributed by atoms with van der Waals surface area (Å²) >= 11 is 3.43. The number of anilines is 1. The van der Waals surface area contributed by atoms with Crippen LogP contribution in [0.1, 0.15) is 12.8 Å². The van der Waals surface area contributed by atoms with Gasteiger partial charge in [-0.2, -0.15) is 0 Å². The van der Waals surface area contributed by atoms with Gasteiger partial charge < -0.3 is 15.0 Å². The van der Waals surface area contributed by atoms with Gasteiger partial charge in [0, 0.05) is 17.6 Å². The van der Waals surface area contributed by atoms with Gasteiger partial charge in [0.05, 0.1) is 17.0 Å². The molecule has 1 fully saturated rings. The lowest BCUT2D eigenvalue weighted by atomic mass is 9.99. The number of fused-ring (bicyclic) bond motifs is 1. The molecule has 1 aromatic carbocycles. The summed E-state index contributed by atoms with van der Waals surface area (Å²) in [5.74, 6) is -0.253. The summed E-state index contributed by atoms with van der Waals surface area (Å²) in [6, 6.07) is 5.87. The standard InChI is InChI=1S/C13H14BrN3O2/c14-9-3-4-10-11(6-9)16-13(15-10)17-5-1-2-8(7-17)12(18)19/h3-4,6,8H,1-2,5,7H2,(H,15,16)(H,18,19). The van der Waals surface area contributed by atoms with Crippen LogP contribution in [0.3, 0.4) is 0 Å². The van der Waals surface area contributed by atoms with Gasteiger partial charge in [-0.05, 0) is 31.0 Å². The van der Waals surface area contributed by atoms with Crippen molar-refractivity contribution in [2.45, 2.75) is 12.8 Å². The molecule has 2 N–H and O–H groups in total. The number of nitrogens with one attached hydrogen (secondary N) is 1. The van der Waals surface area contributed by atoms with Crippen LogP contribution in [0.5, 0.6) is 0 Å². The zero-order valence-corrected chi connectivity index (χ0v) is 11.9. The minimum atomic E-state index is -0.719. The Kier molecular flexibility index (Phi) is 3.18. The van der Waals surface area contributed by atoms with E-state index in [0.29, 0.717) is 6.54 Å². The second-order valence-corrected chi connectivity index (χ2v) is 5.76. The fraction of sp³-hybridized carbons (Fsp3) is 0.385. The lowest BCUT2D eigenvalue weighted by Crippen LogP contribution is -2.39. The number of halogens is 1. The van der Waals surface area contributed by atoms with Crippen LogP contribution in [-0.2, 0) is 4.79 Å². The molecule has 5 nitrogen and oxygen atoms in total. The third-order valence-electron chi connectivity index (χ3n) is 3.50. The van der Waals surface area contributed by atoms with Crippen LogP contribution < -0.4 is 4.90 Å². The molecule has 0 aliphatic carbocycles. The molecule has 0 saturated carbocycles. The summed E-state index contributed by atoms with van der Waals surface area (Å²) < 4.78 is 0.997. The van der Waals surface area contributed by atoms with E-state index in [2.05, 4.69) is 25.9 Å². The summed E-state index contributed by atoms with van der Waals surface area (Å²) in [5, 5.41) is 9.12. The second-order valence-electron chi connectivity index (χ2n) is 4.85. The minimum Gasteiger partial charge on any atom is -0.481 e. The monoisotopic (exact) mass is 323 g/mol. The Morgan fingerprint density at radius 2 is 2.37 bits per heavy atom. The van der Waals surface area contributed by atoms with Crippen molar-refractivity contribution < 1.29 is 9.90 Å². The topological polar surface area (TPSA) is 69.2 Å². The molecule has 0 bridgehead atoms. The molecular formula is C13H14BrN3O2. The Morgan fingerprint density at radius 1 is 1.53 bits per heavy atom. The highest BCUT2D eigenvalue weighted by atomic mass is 79.9. The minimum absolute atomic E-state index is 0.298. The molecule has 19 heavy (non-hydrogen) atoms. The second kappa shape index (κ2) is 4.85. The number of aliphatic carboxylic acids is 1. The molecule has 3 rings (SSSR count). The van der Waals surface area contributed by atoms with Crippen molar-refractivity contribution in [2.75, 3.05) is 18.0 Å². The highest BCUT2D eigenvalue weighted by Crippen LogP contribution is 2.25. The molecule has 100 valence electrons. The molecular weight excluding hydrogens is 310 g/mol. The number of piperidine rings is 1. The van der Waals surface area contributed by atoms with Gasteiger partial charge in [-0.25, -0.2) is 4.98 Å². The maximum Gasteiger partial charge on any atom is 0.308 e. The van der Waals surface area contributed by atoms with Crippen LogP contribution in [0.4, 0.5) is 5.95 Å². The molecule has 1 aromatic heterocycles. The molecule has 0 spiro atoms. The fourth-order valence-electron chi connectivity index (χ4n) is 2.49. The Balaban J connectivity index is 1.89. The SMILES string of the molecule is O=C(O)C1CCCN(c2nc3ccc(Br)cc3[nH]2)C1. The van der Waals surface area contributed by atoms with Crippen molar-refractivity contribution in [3.05, 3.63) is 22.7 Å². The largest absolute Gasteiger partial charge is 0.481 e. The third kappa shape index (κ3) is 2.45. The summed E-state index contributed by atoms with van der Waals surface area (Å²) in [7, 11) is 0. The molecule has 1 unspecified atom stereocenters. The third-order valence-corrected chi connectivity index (χ3v) is 3.99. The number of imidazole rings is 1. The summed E-state index contributed by atoms with van der Waals surface area (Å²) in [4.78, 5) is 20.9. The number of aromatic amines is 1. The molecule has 1 aliphatic rings. The summed E-state index contributed by atoms with van der Waals surface area (Å²) in [6.07, 6.45) is 1.63. The van der Waals surface area contributed by atoms with Crippen LogP contribution in [0.25, 0.3) is 11.0 Å². The van der Waals surface area contributed by atoms with E-state index in [1.165, 1.54) is 0 Å². The predicted molar refractivity (Wildman–Crippen MR) is 76.4 cm³/mol. The van der Waals surface area contributed by atoms with E-state index in [-0.39, 0.29) is 5.92 Å². The van der Waals surface area contributed by atoms with E-state index in [4.69, 9.17) is 5.11 Å². The van der Waals surface area contributed by atoms with E-state index in [9.17, 15) is 4.79 Å². The molecule has 1 saturated heterocycles. The first-order chi connectivity index (χ1) is 9.13. The van der Waals surface area contributed by atoms with Gasteiger partial charge in [0.2, 0.25) is 5.95 Å². The average molecular weight is 324 g/mol. The lowest BCUT2D eigenvalue weighted by Gasteiger charge is -2.30. The van der Waals surface area contributed by atoms with E-state index in [1.807, 2.05) is 23.1 Å². The molecule has 6 heteroatoms.